The van der Waals surface area contributed by atoms with Gasteiger partial charge in [0.1, 0.15) is 6.61 Å². The first kappa shape index (κ1) is 16.0. The molecular weight excluding hydrogens is 284 g/mol. The van der Waals surface area contributed by atoms with Crippen LogP contribution in [0.1, 0.15) is 53.2 Å². The van der Waals surface area contributed by atoms with Crippen LogP contribution in [0.5, 0.6) is 0 Å². The summed E-state index contributed by atoms with van der Waals surface area (Å²) in [5.41, 5.74) is 3.43. The van der Waals surface area contributed by atoms with Gasteiger partial charge in [-0.15, -0.1) is 0 Å². The van der Waals surface area contributed by atoms with Gasteiger partial charge < -0.3 is 0 Å². The minimum atomic E-state index is -0.240. The molecule has 1 radical (unpaired) electrons. The summed E-state index contributed by atoms with van der Waals surface area (Å²) in [7, 11) is 0. The predicted octanol–water partition coefficient (Wildman–Crippen LogP) is 5.28. The maximum atomic E-state index is 11.4. The summed E-state index contributed by atoms with van der Waals surface area (Å²) in [4.78, 5) is 11.4. The normalized spacial score (nSPS) is 11.0. The van der Waals surface area contributed by atoms with Crippen LogP contribution in [0.25, 0.3) is 10.8 Å². The molecule has 21 heavy (non-hydrogen) atoms. The van der Waals surface area contributed by atoms with Crippen molar-refractivity contribution in [2.75, 3.05) is 0 Å². The monoisotopic (exact) mass is 303 g/mol. The van der Waals surface area contributed by atoms with Gasteiger partial charge >= 0.3 is 0 Å². The Hall–Kier alpha value is -1.38. The van der Waals surface area contributed by atoms with Gasteiger partial charge in [-0.25, -0.2) is 5.11 Å². The molecule has 0 unspecified atom stereocenters. The molecule has 0 aliphatic heterocycles. The Morgan fingerprint density at radius 2 is 1.95 bits per heavy atom. The molecule has 0 N–H and O–H groups in total. The van der Waals surface area contributed by atoms with Crippen molar-refractivity contribution in [1.82, 2.24) is 0 Å². The molecule has 111 valence electrons. The van der Waals surface area contributed by atoms with Crippen LogP contribution in [0.4, 0.5) is 0 Å². The average Bonchev–Trinajstić information content (AvgIpc) is 2.50. The van der Waals surface area contributed by atoms with E-state index in [0.29, 0.717) is 10.6 Å². The number of carbonyl (C=O) groups is 1. The lowest BCUT2D eigenvalue weighted by Gasteiger charge is -2.15. The molecule has 0 saturated heterocycles. The maximum Gasteiger partial charge on any atom is 0.151 e. The third-order valence-electron chi connectivity index (χ3n) is 4.05. The standard InChI is InChI=1S/C18H20ClO2/c1-3-4-5-6-14-12(2)17(11-21)18(19)15-8-7-13(10-20)9-16(14)15/h7-9,11H,3-6,10H2,1-2H3. The highest BCUT2D eigenvalue weighted by Crippen LogP contribution is 2.34. The summed E-state index contributed by atoms with van der Waals surface area (Å²) < 4.78 is 0. The lowest BCUT2D eigenvalue weighted by molar-refractivity contribution is 0.112. The minimum Gasteiger partial charge on any atom is -0.298 e. The Kier molecular flexibility index (Phi) is 5.38. The lowest BCUT2D eigenvalue weighted by atomic mass is 9.91. The zero-order valence-electron chi connectivity index (χ0n) is 12.5. The van der Waals surface area contributed by atoms with E-state index in [4.69, 9.17) is 11.6 Å². The van der Waals surface area contributed by atoms with Crippen molar-refractivity contribution in [1.29, 1.82) is 0 Å². The molecule has 2 aromatic rings. The first-order valence-electron chi connectivity index (χ1n) is 7.40. The fourth-order valence-electron chi connectivity index (χ4n) is 2.81. The Bertz CT molecular complexity index is 662. The molecule has 3 heteroatoms. The summed E-state index contributed by atoms with van der Waals surface area (Å²) in [6, 6.07) is 5.58. The predicted molar refractivity (Wildman–Crippen MR) is 86.7 cm³/mol. The van der Waals surface area contributed by atoms with E-state index in [-0.39, 0.29) is 6.61 Å². The number of unbranched alkanes of at least 4 members (excludes halogenated alkanes) is 2. The number of carbonyl (C=O) groups excluding carboxylic acids is 1. The topological polar surface area (TPSA) is 37.0 Å². The van der Waals surface area contributed by atoms with Gasteiger partial charge in [0, 0.05) is 10.9 Å². The van der Waals surface area contributed by atoms with Gasteiger partial charge in [-0.1, -0.05) is 43.5 Å². The number of aldehydes is 1. The van der Waals surface area contributed by atoms with Crippen LogP contribution in [0.3, 0.4) is 0 Å². The Morgan fingerprint density at radius 1 is 1.19 bits per heavy atom. The molecular formula is C18H20ClO2. The molecule has 0 aliphatic rings. The molecule has 0 amide bonds. The van der Waals surface area contributed by atoms with E-state index in [2.05, 4.69) is 6.92 Å². The fourth-order valence-corrected chi connectivity index (χ4v) is 3.16. The van der Waals surface area contributed by atoms with Crippen LogP contribution >= 0.6 is 11.6 Å². The van der Waals surface area contributed by atoms with E-state index in [9.17, 15) is 9.90 Å². The molecule has 0 heterocycles. The summed E-state index contributed by atoms with van der Waals surface area (Å²) in [6.07, 6.45) is 5.13. The van der Waals surface area contributed by atoms with Crippen molar-refractivity contribution >= 4 is 28.7 Å². The first-order chi connectivity index (χ1) is 10.1. The van der Waals surface area contributed by atoms with Crippen molar-refractivity contribution in [2.24, 2.45) is 0 Å². The molecule has 0 spiro atoms. The smallest absolute Gasteiger partial charge is 0.151 e. The fraction of sp³-hybridized carbons (Fsp3) is 0.389. The van der Waals surface area contributed by atoms with Gasteiger partial charge in [0.25, 0.3) is 0 Å². The second-order valence-corrected chi connectivity index (χ2v) is 5.81. The van der Waals surface area contributed by atoms with Crippen LogP contribution < -0.4 is 0 Å². The quantitative estimate of drug-likeness (QED) is 0.528. The molecule has 0 aliphatic carbocycles. The molecule has 0 atom stereocenters. The molecule has 2 aromatic carbocycles. The number of rotatable bonds is 6. The Balaban J connectivity index is 2.68. The molecule has 0 aromatic heterocycles. The van der Waals surface area contributed by atoms with Gasteiger partial charge in [-0.05, 0) is 47.9 Å². The van der Waals surface area contributed by atoms with Crippen LogP contribution in [0, 0.1) is 6.92 Å². The van der Waals surface area contributed by atoms with Gasteiger partial charge in [0.2, 0.25) is 0 Å². The van der Waals surface area contributed by atoms with E-state index >= 15 is 0 Å². The largest absolute Gasteiger partial charge is 0.298 e. The van der Waals surface area contributed by atoms with Gasteiger partial charge in [0.05, 0.1) is 5.02 Å². The molecule has 0 bridgehead atoms. The number of aryl methyl sites for hydroxylation is 1. The molecule has 2 nitrogen and oxygen atoms in total. The average molecular weight is 304 g/mol. The van der Waals surface area contributed by atoms with E-state index in [0.717, 1.165) is 59.4 Å². The third-order valence-corrected chi connectivity index (χ3v) is 4.46. The van der Waals surface area contributed by atoms with Crippen molar-refractivity contribution in [3.8, 4) is 0 Å². The van der Waals surface area contributed by atoms with E-state index < -0.39 is 0 Å². The maximum absolute atomic E-state index is 11.4. The zero-order valence-corrected chi connectivity index (χ0v) is 13.3. The first-order valence-corrected chi connectivity index (χ1v) is 7.78. The van der Waals surface area contributed by atoms with Gasteiger partial charge in [0.15, 0.2) is 6.29 Å². The van der Waals surface area contributed by atoms with E-state index in [1.807, 2.05) is 19.1 Å². The van der Waals surface area contributed by atoms with Crippen molar-refractivity contribution in [2.45, 2.75) is 46.1 Å². The second-order valence-electron chi connectivity index (χ2n) is 5.43. The van der Waals surface area contributed by atoms with Gasteiger partial charge in [-0.3, -0.25) is 4.79 Å². The van der Waals surface area contributed by atoms with Crippen molar-refractivity contribution < 1.29 is 9.90 Å². The van der Waals surface area contributed by atoms with Crippen molar-refractivity contribution in [3.05, 3.63) is 45.5 Å². The molecule has 0 saturated carbocycles. The van der Waals surface area contributed by atoms with Crippen LogP contribution in [-0.4, -0.2) is 6.29 Å². The van der Waals surface area contributed by atoms with Crippen molar-refractivity contribution in [3.63, 3.8) is 0 Å². The minimum absolute atomic E-state index is 0.240. The highest BCUT2D eigenvalue weighted by atomic mass is 35.5. The number of hydrogen-bond donors (Lipinski definition) is 0. The number of hydrogen-bond acceptors (Lipinski definition) is 1. The zero-order chi connectivity index (χ0) is 15.4. The van der Waals surface area contributed by atoms with Gasteiger partial charge in [-0.2, -0.15) is 0 Å². The lowest BCUT2D eigenvalue weighted by Crippen LogP contribution is -2.00. The SMILES string of the molecule is CCCCCc1c(C)c(C=O)c(Cl)c2ccc(C[O])cc12. The number of fused-ring (bicyclic) bond motifs is 1. The van der Waals surface area contributed by atoms with E-state index in [1.165, 1.54) is 0 Å². The molecule has 0 fully saturated rings. The summed E-state index contributed by atoms with van der Waals surface area (Å²) in [6.45, 7) is 3.87. The molecule has 2 rings (SSSR count). The Morgan fingerprint density at radius 3 is 2.57 bits per heavy atom. The highest BCUT2D eigenvalue weighted by Gasteiger charge is 2.15. The highest BCUT2D eigenvalue weighted by molar-refractivity contribution is 6.38. The number of halogens is 1. The Labute approximate surface area is 130 Å². The van der Waals surface area contributed by atoms with E-state index in [1.54, 1.807) is 6.07 Å². The summed E-state index contributed by atoms with van der Waals surface area (Å²) >= 11 is 6.37. The van der Waals surface area contributed by atoms with Crippen LogP contribution in [-0.2, 0) is 18.1 Å². The third kappa shape index (κ3) is 3.12. The van der Waals surface area contributed by atoms with Crippen LogP contribution in [0.2, 0.25) is 5.02 Å². The summed E-state index contributed by atoms with van der Waals surface area (Å²) in [5.74, 6) is 0. The second kappa shape index (κ2) is 7.06. The summed E-state index contributed by atoms with van der Waals surface area (Å²) in [5, 5.41) is 13.5. The van der Waals surface area contributed by atoms with Crippen LogP contribution in [0.15, 0.2) is 18.2 Å². The number of benzene rings is 2.